The third-order valence-corrected chi connectivity index (χ3v) is 2.63. The SMILES string of the molecule is N#CCCN(CCC#N)C(=O)Nc1ccccc1OC(F)(F)F. The lowest BCUT2D eigenvalue weighted by molar-refractivity contribution is -0.274. The summed E-state index contributed by atoms with van der Waals surface area (Å²) in [6.07, 6.45) is -4.80. The molecule has 0 radical (unpaired) electrons. The maximum absolute atomic E-state index is 12.3. The van der Waals surface area contributed by atoms with Crippen molar-refractivity contribution in [1.82, 2.24) is 4.90 Å². The van der Waals surface area contributed by atoms with E-state index in [-0.39, 0.29) is 31.6 Å². The van der Waals surface area contributed by atoms with Crippen molar-refractivity contribution in [2.45, 2.75) is 19.2 Å². The molecule has 0 unspecified atom stereocenters. The van der Waals surface area contributed by atoms with Crippen molar-refractivity contribution in [1.29, 1.82) is 10.5 Å². The molecule has 0 fully saturated rings. The van der Waals surface area contributed by atoms with Gasteiger partial charge in [-0.15, -0.1) is 13.2 Å². The largest absolute Gasteiger partial charge is 0.573 e. The second-order valence-corrected chi connectivity index (χ2v) is 4.28. The lowest BCUT2D eigenvalue weighted by atomic mass is 10.3. The molecule has 0 atom stereocenters. The van der Waals surface area contributed by atoms with Crippen LogP contribution in [0.3, 0.4) is 0 Å². The van der Waals surface area contributed by atoms with Crippen LogP contribution in [0.5, 0.6) is 5.75 Å². The molecule has 1 rings (SSSR count). The van der Waals surface area contributed by atoms with Crippen molar-refractivity contribution in [3.05, 3.63) is 24.3 Å². The van der Waals surface area contributed by atoms with Gasteiger partial charge in [-0.2, -0.15) is 10.5 Å². The summed E-state index contributed by atoms with van der Waals surface area (Å²) in [5.74, 6) is -0.547. The number of hydrogen-bond acceptors (Lipinski definition) is 4. The molecular formula is C14H13F3N4O2. The van der Waals surface area contributed by atoms with Gasteiger partial charge in [-0.25, -0.2) is 4.79 Å². The Labute approximate surface area is 130 Å². The number of benzene rings is 1. The van der Waals surface area contributed by atoms with E-state index in [1.54, 1.807) is 0 Å². The minimum Gasteiger partial charge on any atom is -0.404 e. The Morgan fingerprint density at radius 2 is 1.74 bits per heavy atom. The third kappa shape index (κ3) is 6.57. The first-order valence-electron chi connectivity index (χ1n) is 6.52. The number of carbonyl (C=O) groups is 1. The maximum Gasteiger partial charge on any atom is 0.573 e. The average Bonchev–Trinajstić information content (AvgIpc) is 2.48. The molecule has 9 heteroatoms. The molecule has 0 aromatic heterocycles. The lowest BCUT2D eigenvalue weighted by Gasteiger charge is -2.22. The molecule has 0 saturated carbocycles. The van der Waals surface area contributed by atoms with E-state index >= 15 is 0 Å². The van der Waals surface area contributed by atoms with Crippen LogP contribution in [0.2, 0.25) is 0 Å². The molecule has 0 aliphatic heterocycles. The van der Waals surface area contributed by atoms with Crippen molar-refractivity contribution < 1.29 is 22.7 Å². The molecule has 122 valence electrons. The Morgan fingerprint density at radius 1 is 1.17 bits per heavy atom. The highest BCUT2D eigenvalue weighted by Gasteiger charge is 2.32. The van der Waals surface area contributed by atoms with Crippen LogP contribution in [0.1, 0.15) is 12.8 Å². The first-order valence-corrected chi connectivity index (χ1v) is 6.52. The van der Waals surface area contributed by atoms with E-state index in [0.29, 0.717) is 0 Å². The number of urea groups is 1. The predicted molar refractivity (Wildman–Crippen MR) is 74.2 cm³/mol. The van der Waals surface area contributed by atoms with Crippen LogP contribution in [0, 0.1) is 22.7 Å². The molecule has 1 N–H and O–H groups in total. The van der Waals surface area contributed by atoms with E-state index in [9.17, 15) is 18.0 Å². The smallest absolute Gasteiger partial charge is 0.404 e. The Kier molecular flexibility index (Phi) is 6.68. The molecule has 1 aromatic carbocycles. The average molecular weight is 326 g/mol. The number of anilines is 1. The zero-order valence-electron chi connectivity index (χ0n) is 11.9. The van der Waals surface area contributed by atoms with Crippen LogP contribution < -0.4 is 10.1 Å². The molecule has 2 amide bonds. The minimum absolute atomic E-state index is 0.0412. The molecule has 6 nitrogen and oxygen atoms in total. The van der Waals surface area contributed by atoms with E-state index in [1.807, 2.05) is 12.1 Å². The van der Waals surface area contributed by atoms with Gasteiger partial charge in [-0.05, 0) is 12.1 Å². The Hall–Kier alpha value is -2.94. The summed E-state index contributed by atoms with van der Waals surface area (Å²) in [7, 11) is 0. The molecule has 0 bridgehead atoms. The van der Waals surface area contributed by atoms with Gasteiger partial charge in [-0.1, -0.05) is 12.1 Å². The van der Waals surface area contributed by atoms with Gasteiger partial charge in [0, 0.05) is 13.1 Å². The number of halogens is 3. The van der Waals surface area contributed by atoms with Gasteiger partial charge in [0.15, 0.2) is 5.75 Å². The molecule has 0 spiro atoms. The van der Waals surface area contributed by atoms with E-state index < -0.39 is 18.1 Å². The molecule has 23 heavy (non-hydrogen) atoms. The first kappa shape index (κ1) is 18.1. The van der Waals surface area contributed by atoms with Crippen LogP contribution in [0.4, 0.5) is 23.7 Å². The number of para-hydroxylation sites is 2. The monoisotopic (exact) mass is 326 g/mol. The quantitative estimate of drug-likeness (QED) is 0.869. The molecule has 0 saturated heterocycles. The van der Waals surface area contributed by atoms with Gasteiger partial charge in [0.2, 0.25) is 0 Å². The topological polar surface area (TPSA) is 89.2 Å². The highest BCUT2D eigenvalue weighted by Crippen LogP contribution is 2.30. The standard InChI is InChI=1S/C14H13F3N4O2/c15-14(16,17)23-12-6-2-1-5-11(12)20-13(22)21(9-3-7-18)10-4-8-19/h1-2,5-6H,3-4,9-10H2,(H,20,22). The van der Waals surface area contributed by atoms with Crippen molar-refractivity contribution in [2.75, 3.05) is 18.4 Å². The van der Waals surface area contributed by atoms with Crippen LogP contribution in [0.15, 0.2) is 24.3 Å². The fraction of sp³-hybridized carbons (Fsp3) is 0.357. The Bertz CT molecular complexity index is 602. The van der Waals surface area contributed by atoms with Crippen LogP contribution in [0.25, 0.3) is 0 Å². The van der Waals surface area contributed by atoms with Crippen LogP contribution in [-0.2, 0) is 0 Å². The van der Waals surface area contributed by atoms with Gasteiger partial charge in [-0.3, -0.25) is 0 Å². The number of nitrogens with one attached hydrogen (secondary N) is 1. The van der Waals surface area contributed by atoms with Gasteiger partial charge in [0.05, 0.1) is 30.7 Å². The Morgan fingerprint density at radius 3 is 2.26 bits per heavy atom. The fourth-order valence-electron chi connectivity index (χ4n) is 1.66. The van der Waals surface area contributed by atoms with E-state index in [4.69, 9.17) is 10.5 Å². The molecule has 0 heterocycles. The summed E-state index contributed by atoms with van der Waals surface area (Å²) in [6.45, 7) is 0.124. The van der Waals surface area contributed by atoms with Crippen molar-refractivity contribution >= 4 is 11.7 Å². The molecule has 1 aromatic rings. The highest BCUT2D eigenvalue weighted by atomic mass is 19.4. The minimum atomic E-state index is -4.89. The van der Waals surface area contributed by atoms with Crippen LogP contribution in [-0.4, -0.2) is 30.4 Å². The van der Waals surface area contributed by atoms with Gasteiger partial charge >= 0.3 is 12.4 Å². The van der Waals surface area contributed by atoms with Gasteiger partial charge in [0.1, 0.15) is 0 Å². The van der Waals surface area contributed by atoms with Gasteiger partial charge in [0.25, 0.3) is 0 Å². The number of hydrogen-bond donors (Lipinski definition) is 1. The molecule has 0 aliphatic rings. The van der Waals surface area contributed by atoms with Crippen LogP contribution >= 0.6 is 0 Å². The zero-order chi connectivity index (χ0) is 17.3. The van der Waals surface area contributed by atoms with Crippen molar-refractivity contribution in [3.63, 3.8) is 0 Å². The normalized spacial score (nSPS) is 10.3. The summed E-state index contributed by atoms with van der Waals surface area (Å²) in [4.78, 5) is 13.3. The zero-order valence-corrected chi connectivity index (χ0v) is 11.9. The first-order chi connectivity index (χ1) is 10.9. The Balaban J connectivity index is 2.85. The number of rotatable bonds is 6. The lowest BCUT2D eigenvalue weighted by Crippen LogP contribution is -2.36. The summed E-state index contributed by atoms with van der Waals surface area (Å²) >= 11 is 0. The van der Waals surface area contributed by atoms with Gasteiger partial charge < -0.3 is 15.0 Å². The molecular weight excluding hydrogens is 313 g/mol. The number of nitrogens with zero attached hydrogens (tertiary/aromatic N) is 3. The summed E-state index contributed by atoms with van der Waals surface area (Å²) < 4.78 is 40.8. The van der Waals surface area contributed by atoms with E-state index in [0.717, 1.165) is 6.07 Å². The van der Waals surface area contributed by atoms with E-state index in [2.05, 4.69) is 10.1 Å². The number of nitriles is 2. The third-order valence-electron chi connectivity index (χ3n) is 2.63. The summed E-state index contributed by atoms with van der Waals surface area (Å²) in [5.41, 5.74) is -0.159. The maximum atomic E-state index is 12.3. The van der Waals surface area contributed by atoms with Crippen molar-refractivity contribution in [3.8, 4) is 17.9 Å². The summed E-state index contributed by atoms with van der Waals surface area (Å²) in [5, 5.41) is 19.4. The number of amides is 2. The highest BCUT2D eigenvalue weighted by molar-refractivity contribution is 5.91. The second-order valence-electron chi connectivity index (χ2n) is 4.28. The number of ether oxygens (including phenoxy) is 1. The summed E-state index contributed by atoms with van der Waals surface area (Å²) in [6, 6.07) is 8.10. The molecule has 0 aliphatic carbocycles. The number of carbonyl (C=O) groups excluding carboxylic acids is 1. The van der Waals surface area contributed by atoms with Crippen molar-refractivity contribution in [2.24, 2.45) is 0 Å². The predicted octanol–water partition coefficient (Wildman–Crippen LogP) is 3.25. The fourth-order valence-corrected chi connectivity index (χ4v) is 1.66. The second kappa shape index (κ2) is 8.49. The van der Waals surface area contributed by atoms with E-state index in [1.165, 1.54) is 23.1 Å². The number of alkyl halides is 3.